The zero-order valence-corrected chi connectivity index (χ0v) is 13.6. The summed E-state index contributed by atoms with van der Waals surface area (Å²) in [6, 6.07) is 1.67. The standard InChI is InChI=1S/C14H19N3O4S/c1-9(2)15-11(18)8-17-10-4-7-22-12(10)13(19)16(14(17)20)5-6-21-3/h4,7,9H,5-6,8H2,1-3H3,(H,15,18). The summed E-state index contributed by atoms with van der Waals surface area (Å²) in [7, 11) is 1.50. The molecular formula is C14H19N3O4S. The monoisotopic (exact) mass is 325 g/mol. The quantitative estimate of drug-likeness (QED) is 0.833. The lowest BCUT2D eigenvalue weighted by molar-refractivity contribution is -0.122. The van der Waals surface area contributed by atoms with E-state index in [0.717, 1.165) is 4.57 Å². The first-order valence-electron chi connectivity index (χ1n) is 6.94. The Bertz CT molecular complexity index is 787. The number of nitrogens with one attached hydrogen (secondary N) is 1. The van der Waals surface area contributed by atoms with Crippen molar-refractivity contribution in [1.82, 2.24) is 14.5 Å². The van der Waals surface area contributed by atoms with Gasteiger partial charge in [0, 0.05) is 13.2 Å². The zero-order valence-electron chi connectivity index (χ0n) is 12.8. The lowest BCUT2D eigenvalue weighted by atomic mass is 10.3. The van der Waals surface area contributed by atoms with Crippen LogP contribution in [0.25, 0.3) is 10.2 Å². The first-order valence-corrected chi connectivity index (χ1v) is 7.82. The molecule has 0 fully saturated rings. The molecule has 22 heavy (non-hydrogen) atoms. The summed E-state index contributed by atoms with van der Waals surface area (Å²) >= 11 is 1.26. The molecule has 0 aromatic carbocycles. The van der Waals surface area contributed by atoms with E-state index >= 15 is 0 Å². The topological polar surface area (TPSA) is 82.3 Å². The molecule has 2 aromatic heterocycles. The number of fused-ring (bicyclic) bond motifs is 1. The Morgan fingerprint density at radius 2 is 2.09 bits per heavy atom. The number of hydrogen-bond acceptors (Lipinski definition) is 5. The van der Waals surface area contributed by atoms with Gasteiger partial charge in [-0.25, -0.2) is 4.79 Å². The molecule has 2 aromatic rings. The average molecular weight is 325 g/mol. The molecule has 0 saturated carbocycles. The van der Waals surface area contributed by atoms with Crippen LogP contribution in [0.5, 0.6) is 0 Å². The maximum atomic E-state index is 12.5. The van der Waals surface area contributed by atoms with Crippen LogP contribution in [0.2, 0.25) is 0 Å². The lowest BCUT2D eigenvalue weighted by Gasteiger charge is -2.13. The predicted octanol–water partition coefficient (Wildman–Crippen LogP) is 0.396. The van der Waals surface area contributed by atoms with E-state index in [0.29, 0.717) is 10.2 Å². The van der Waals surface area contributed by atoms with Crippen molar-refractivity contribution in [3.05, 3.63) is 32.3 Å². The van der Waals surface area contributed by atoms with Crippen molar-refractivity contribution >= 4 is 27.5 Å². The summed E-state index contributed by atoms with van der Waals surface area (Å²) in [4.78, 5) is 36.8. The zero-order chi connectivity index (χ0) is 16.3. The Kier molecular flexibility index (Phi) is 5.15. The normalized spacial score (nSPS) is 11.3. The third-order valence-corrected chi connectivity index (χ3v) is 4.00. The van der Waals surface area contributed by atoms with Crippen molar-refractivity contribution in [2.24, 2.45) is 0 Å². The van der Waals surface area contributed by atoms with Crippen LogP contribution in [0.1, 0.15) is 13.8 Å². The first-order chi connectivity index (χ1) is 10.5. The third kappa shape index (κ3) is 3.28. The van der Waals surface area contributed by atoms with E-state index in [9.17, 15) is 14.4 Å². The van der Waals surface area contributed by atoms with Crippen molar-refractivity contribution in [2.75, 3.05) is 13.7 Å². The number of ether oxygens (including phenoxy) is 1. The van der Waals surface area contributed by atoms with Gasteiger partial charge >= 0.3 is 5.69 Å². The summed E-state index contributed by atoms with van der Waals surface area (Å²) in [5, 5.41) is 4.48. The molecule has 2 heterocycles. The fourth-order valence-corrected chi connectivity index (χ4v) is 3.02. The van der Waals surface area contributed by atoms with Gasteiger partial charge in [-0.15, -0.1) is 11.3 Å². The molecule has 8 heteroatoms. The van der Waals surface area contributed by atoms with Gasteiger partial charge in [-0.05, 0) is 25.3 Å². The molecule has 0 atom stereocenters. The number of aromatic nitrogens is 2. The van der Waals surface area contributed by atoms with Crippen molar-refractivity contribution in [2.45, 2.75) is 33.0 Å². The fourth-order valence-electron chi connectivity index (χ4n) is 2.18. The van der Waals surface area contributed by atoms with E-state index in [1.807, 2.05) is 13.8 Å². The van der Waals surface area contributed by atoms with E-state index in [2.05, 4.69) is 5.32 Å². The minimum Gasteiger partial charge on any atom is -0.383 e. The molecule has 0 bridgehead atoms. The minimum absolute atomic E-state index is 0.0134. The molecule has 2 rings (SSSR count). The van der Waals surface area contributed by atoms with Crippen LogP contribution in [-0.2, 0) is 22.6 Å². The van der Waals surface area contributed by atoms with Crippen molar-refractivity contribution in [1.29, 1.82) is 0 Å². The highest BCUT2D eigenvalue weighted by molar-refractivity contribution is 7.17. The average Bonchev–Trinajstić information content (AvgIpc) is 2.92. The first kappa shape index (κ1) is 16.4. The number of hydrogen-bond donors (Lipinski definition) is 1. The highest BCUT2D eigenvalue weighted by atomic mass is 32.1. The number of carbonyl (C=O) groups excluding carboxylic acids is 1. The Morgan fingerprint density at radius 1 is 1.36 bits per heavy atom. The summed E-state index contributed by atoms with van der Waals surface area (Å²) in [6.45, 7) is 4.00. The van der Waals surface area contributed by atoms with E-state index in [1.54, 1.807) is 11.4 Å². The molecule has 120 valence electrons. The predicted molar refractivity (Wildman–Crippen MR) is 85.5 cm³/mol. The number of nitrogens with zero attached hydrogens (tertiary/aromatic N) is 2. The van der Waals surface area contributed by atoms with Gasteiger partial charge in [0.2, 0.25) is 5.91 Å². The maximum absolute atomic E-state index is 12.5. The number of thiophene rings is 1. The molecule has 0 saturated heterocycles. The second-order valence-electron chi connectivity index (χ2n) is 5.18. The summed E-state index contributed by atoms with van der Waals surface area (Å²) in [5.41, 5.74) is -0.341. The molecule has 1 amide bonds. The SMILES string of the molecule is COCCn1c(=O)c2sccc2n(CC(=O)NC(C)C)c1=O. The van der Waals surface area contributed by atoms with E-state index in [1.165, 1.54) is 23.0 Å². The van der Waals surface area contributed by atoms with Crippen LogP contribution in [0.3, 0.4) is 0 Å². The van der Waals surface area contributed by atoms with Crippen LogP contribution in [0.4, 0.5) is 0 Å². The van der Waals surface area contributed by atoms with Crippen LogP contribution >= 0.6 is 11.3 Å². The minimum atomic E-state index is -0.494. The van der Waals surface area contributed by atoms with Gasteiger partial charge in [0.15, 0.2) is 0 Å². The maximum Gasteiger partial charge on any atom is 0.332 e. The van der Waals surface area contributed by atoms with Crippen LogP contribution in [0, 0.1) is 0 Å². The van der Waals surface area contributed by atoms with E-state index in [4.69, 9.17) is 4.74 Å². The smallest absolute Gasteiger partial charge is 0.332 e. The van der Waals surface area contributed by atoms with E-state index in [-0.39, 0.29) is 37.2 Å². The molecule has 0 unspecified atom stereocenters. The van der Waals surface area contributed by atoms with E-state index < -0.39 is 5.69 Å². The molecule has 0 aliphatic carbocycles. The third-order valence-electron chi connectivity index (χ3n) is 3.11. The number of rotatable bonds is 6. The Morgan fingerprint density at radius 3 is 2.73 bits per heavy atom. The highest BCUT2D eigenvalue weighted by Crippen LogP contribution is 2.15. The second-order valence-corrected chi connectivity index (χ2v) is 6.09. The Balaban J connectivity index is 2.52. The van der Waals surface area contributed by atoms with Crippen molar-refractivity contribution in [3.8, 4) is 0 Å². The van der Waals surface area contributed by atoms with Gasteiger partial charge in [-0.2, -0.15) is 0 Å². The number of amides is 1. The van der Waals surface area contributed by atoms with Gasteiger partial charge in [0.1, 0.15) is 11.2 Å². The molecule has 0 radical (unpaired) electrons. The lowest BCUT2D eigenvalue weighted by Crippen LogP contribution is -2.43. The Labute approximate surface area is 131 Å². The van der Waals surface area contributed by atoms with Gasteiger partial charge in [-0.3, -0.25) is 18.7 Å². The molecule has 0 aliphatic rings. The summed E-state index contributed by atoms with van der Waals surface area (Å²) in [5.74, 6) is -0.262. The van der Waals surface area contributed by atoms with Crippen LogP contribution < -0.4 is 16.6 Å². The molecule has 1 N–H and O–H groups in total. The number of carbonyl (C=O) groups is 1. The van der Waals surface area contributed by atoms with Gasteiger partial charge in [0.05, 0.1) is 18.7 Å². The van der Waals surface area contributed by atoms with Crippen LogP contribution in [-0.4, -0.2) is 34.8 Å². The van der Waals surface area contributed by atoms with Gasteiger partial charge < -0.3 is 10.1 Å². The second kappa shape index (κ2) is 6.89. The van der Waals surface area contributed by atoms with Crippen LogP contribution in [0.15, 0.2) is 21.0 Å². The van der Waals surface area contributed by atoms with Gasteiger partial charge in [-0.1, -0.05) is 0 Å². The molecule has 7 nitrogen and oxygen atoms in total. The summed E-state index contributed by atoms with van der Waals surface area (Å²) < 4.78 is 7.85. The summed E-state index contributed by atoms with van der Waals surface area (Å²) in [6.07, 6.45) is 0. The molecular weight excluding hydrogens is 306 g/mol. The Hall–Kier alpha value is -1.93. The fraction of sp³-hybridized carbons (Fsp3) is 0.500. The largest absolute Gasteiger partial charge is 0.383 e. The van der Waals surface area contributed by atoms with Gasteiger partial charge in [0.25, 0.3) is 5.56 Å². The number of methoxy groups -OCH3 is 1. The molecule has 0 aliphatic heterocycles. The van der Waals surface area contributed by atoms with Crippen molar-refractivity contribution < 1.29 is 9.53 Å². The molecule has 0 spiro atoms. The van der Waals surface area contributed by atoms with Crippen molar-refractivity contribution in [3.63, 3.8) is 0 Å². The highest BCUT2D eigenvalue weighted by Gasteiger charge is 2.16.